The summed E-state index contributed by atoms with van der Waals surface area (Å²) in [6, 6.07) is 0. The average molecular weight is 162 g/mol. The normalized spacial score (nSPS) is 15.9. The molecule has 0 bridgehead atoms. The number of hydrogen-bond donors (Lipinski definition) is 0. The van der Waals surface area contributed by atoms with E-state index in [9.17, 15) is 22.0 Å². The number of halogens is 5. The van der Waals surface area contributed by atoms with Gasteiger partial charge >= 0.3 is 0 Å². The van der Waals surface area contributed by atoms with Gasteiger partial charge < -0.3 is 0 Å². The number of alkyl halides is 5. The van der Waals surface area contributed by atoms with Crippen LogP contribution in [0.5, 0.6) is 0 Å². The van der Waals surface area contributed by atoms with Crippen molar-refractivity contribution in [3.8, 4) is 0 Å². The summed E-state index contributed by atoms with van der Waals surface area (Å²) >= 11 is 0. The lowest BCUT2D eigenvalue weighted by Gasteiger charge is -2.17. The van der Waals surface area contributed by atoms with Gasteiger partial charge in [0.05, 0.1) is 0 Å². The van der Waals surface area contributed by atoms with Crippen molar-refractivity contribution in [1.29, 1.82) is 0 Å². The van der Waals surface area contributed by atoms with Crippen molar-refractivity contribution in [2.45, 2.75) is 31.9 Å². The molecule has 0 nitrogen and oxygen atoms in total. The van der Waals surface area contributed by atoms with E-state index in [-0.39, 0.29) is 0 Å². The molecular weight excluding hydrogens is 155 g/mol. The zero-order chi connectivity index (χ0) is 8.36. The van der Waals surface area contributed by atoms with E-state index in [1.54, 1.807) is 0 Å². The Balaban J connectivity index is 4.03. The Morgan fingerprint density at radius 3 is 1.70 bits per heavy atom. The van der Waals surface area contributed by atoms with Crippen LogP contribution in [0, 0.1) is 0 Å². The molecule has 0 aromatic heterocycles. The van der Waals surface area contributed by atoms with Crippen LogP contribution in [-0.2, 0) is 0 Å². The second kappa shape index (κ2) is 3.16. The summed E-state index contributed by atoms with van der Waals surface area (Å²) in [6.07, 6.45) is -7.84. The number of rotatable bonds is 3. The molecule has 0 fully saturated rings. The van der Waals surface area contributed by atoms with Gasteiger partial charge in [-0.3, -0.25) is 0 Å². The summed E-state index contributed by atoms with van der Waals surface area (Å²) in [7, 11) is 0. The molecule has 5 heteroatoms. The van der Waals surface area contributed by atoms with Crippen LogP contribution in [0.1, 0.15) is 13.3 Å². The Labute approximate surface area is 55.0 Å². The van der Waals surface area contributed by atoms with Crippen molar-refractivity contribution >= 4 is 0 Å². The monoisotopic (exact) mass is 162 g/mol. The first kappa shape index (κ1) is 9.65. The summed E-state index contributed by atoms with van der Waals surface area (Å²) in [6.45, 7) is 0.953. The lowest BCUT2D eigenvalue weighted by molar-refractivity contribution is -0.128. The highest BCUT2D eigenvalue weighted by Crippen LogP contribution is 2.28. The maximum Gasteiger partial charge on any atom is 0.284 e. The Bertz CT molecular complexity index is 100. The molecule has 0 aromatic rings. The van der Waals surface area contributed by atoms with Gasteiger partial charge in [-0.05, 0) is 0 Å². The minimum Gasteiger partial charge on any atom is -0.234 e. The topological polar surface area (TPSA) is 0 Å². The largest absolute Gasteiger partial charge is 0.284 e. The Kier molecular flexibility index (Phi) is 3.05. The van der Waals surface area contributed by atoms with Crippen molar-refractivity contribution in [2.75, 3.05) is 0 Å². The zero-order valence-electron chi connectivity index (χ0n) is 5.25. The second-order valence-electron chi connectivity index (χ2n) is 1.85. The molecule has 0 aliphatic carbocycles. The first-order valence-corrected chi connectivity index (χ1v) is 2.72. The lowest BCUT2D eigenvalue weighted by Crippen LogP contribution is -2.34. The molecule has 0 spiro atoms. The van der Waals surface area contributed by atoms with Crippen LogP contribution in [0.4, 0.5) is 22.0 Å². The average Bonchev–Trinajstić information content (AvgIpc) is 1.86. The highest BCUT2D eigenvalue weighted by molar-refractivity contribution is 4.76. The Morgan fingerprint density at radius 1 is 1.20 bits per heavy atom. The molecular formula is C5H7F5. The van der Waals surface area contributed by atoms with Gasteiger partial charge in [0.1, 0.15) is 0 Å². The maximum absolute atomic E-state index is 11.9. The van der Waals surface area contributed by atoms with Crippen molar-refractivity contribution in [3.05, 3.63) is 0 Å². The molecule has 10 heavy (non-hydrogen) atoms. The number of hydrogen-bond acceptors (Lipinski definition) is 0. The summed E-state index contributed by atoms with van der Waals surface area (Å²) in [5.74, 6) is -3.89. The maximum atomic E-state index is 11.9. The SMILES string of the molecule is CCC(F)(F)C(F)C(F)F. The van der Waals surface area contributed by atoms with Gasteiger partial charge in [-0.15, -0.1) is 0 Å². The standard InChI is InChI=1S/C5H7F5/c1-2-5(9,10)3(6)4(7)8/h3-4H,2H2,1H3. The fraction of sp³-hybridized carbons (Fsp3) is 1.00. The molecule has 0 saturated carbocycles. The molecule has 1 atom stereocenters. The van der Waals surface area contributed by atoms with Crippen molar-refractivity contribution < 1.29 is 22.0 Å². The fourth-order valence-corrected chi connectivity index (χ4v) is 0.379. The van der Waals surface area contributed by atoms with E-state index in [4.69, 9.17) is 0 Å². The zero-order valence-corrected chi connectivity index (χ0v) is 5.25. The molecule has 0 radical (unpaired) electrons. The van der Waals surface area contributed by atoms with E-state index >= 15 is 0 Å². The summed E-state index contributed by atoms with van der Waals surface area (Å²) in [5.41, 5.74) is 0. The first-order valence-electron chi connectivity index (χ1n) is 2.72. The van der Waals surface area contributed by atoms with E-state index in [0.717, 1.165) is 6.92 Å². The predicted molar refractivity (Wildman–Crippen MR) is 26.1 cm³/mol. The Hall–Kier alpha value is -0.350. The van der Waals surface area contributed by atoms with Crippen LogP contribution in [0.25, 0.3) is 0 Å². The van der Waals surface area contributed by atoms with Crippen LogP contribution in [-0.4, -0.2) is 18.5 Å². The van der Waals surface area contributed by atoms with Gasteiger partial charge in [-0.1, -0.05) is 6.92 Å². The quantitative estimate of drug-likeness (QED) is 0.559. The molecule has 0 rings (SSSR count). The molecule has 62 valence electrons. The Morgan fingerprint density at radius 2 is 1.60 bits per heavy atom. The van der Waals surface area contributed by atoms with Crippen molar-refractivity contribution in [1.82, 2.24) is 0 Å². The van der Waals surface area contributed by atoms with Gasteiger partial charge in [0.15, 0.2) is 0 Å². The van der Waals surface area contributed by atoms with E-state index < -0.39 is 24.9 Å². The first-order chi connectivity index (χ1) is 4.41. The second-order valence-corrected chi connectivity index (χ2v) is 1.85. The lowest BCUT2D eigenvalue weighted by atomic mass is 10.2. The van der Waals surface area contributed by atoms with E-state index in [1.165, 1.54) is 0 Å². The molecule has 0 aliphatic heterocycles. The molecule has 0 aromatic carbocycles. The summed E-state index contributed by atoms with van der Waals surface area (Å²) < 4.78 is 58.2. The van der Waals surface area contributed by atoms with Crippen molar-refractivity contribution in [2.24, 2.45) is 0 Å². The van der Waals surface area contributed by atoms with Crippen LogP contribution in [0.15, 0.2) is 0 Å². The minimum atomic E-state index is -3.89. The van der Waals surface area contributed by atoms with Gasteiger partial charge in [0, 0.05) is 6.42 Å². The van der Waals surface area contributed by atoms with Crippen LogP contribution >= 0.6 is 0 Å². The molecule has 1 unspecified atom stereocenters. The fourth-order valence-electron chi connectivity index (χ4n) is 0.379. The van der Waals surface area contributed by atoms with Gasteiger partial charge in [-0.2, -0.15) is 0 Å². The van der Waals surface area contributed by atoms with Crippen LogP contribution < -0.4 is 0 Å². The summed E-state index contributed by atoms with van der Waals surface area (Å²) in [5, 5.41) is 0. The molecule has 0 aliphatic rings. The van der Waals surface area contributed by atoms with Crippen LogP contribution in [0.2, 0.25) is 0 Å². The smallest absolute Gasteiger partial charge is 0.234 e. The third kappa shape index (κ3) is 2.11. The van der Waals surface area contributed by atoms with E-state index in [1.807, 2.05) is 0 Å². The molecule has 0 saturated heterocycles. The highest BCUT2D eigenvalue weighted by Gasteiger charge is 2.44. The molecule has 0 heterocycles. The van der Waals surface area contributed by atoms with E-state index in [2.05, 4.69) is 0 Å². The minimum absolute atomic E-state index is 0.904. The third-order valence-corrected chi connectivity index (χ3v) is 1.10. The highest BCUT2D eigenvalue weighted by atomic mass is 19.3. The van der Waals surface area contributed by atoms with E-state index in [0.29, 0.717) is 0 Å². The predicted octanol–water partition coefficient (Wildman–Crippen LogP) is 2.63. The molecule has 0 N–H and O–H groups in total. The molecule has 0 amide bonds. The van der Waals surface area contributed by atoms with Crippen LogP contribution in [0.3, 0.4) is 0 Å². The summed E-state index contributed by atoms with van der Waals surface area (Å²) in [4.78, 5) is 0. The van der Waals surface area contributed by atoms with Gasteiger partial charge in [0.2, 0.25) is 6.17 Å². The third-order valence-electron chi connectivity index (χ3n) is 1.10. The van der Waals surface area contributed by atoms with Gasteiger partial charge in [0.25, 0.3) is 12.3 Å². The van der Waals surface area contributed by atoms with Crippen molar-refractivity contribution in [3.63, 3.8) is 0 Å². The van der Waals surface area contributed by atoms with Gasteiger partial charge in [-0.25, -0.2) is 22.0 Å².